The number of benzene rings is 2. The molecule has 0 saturated heterocycles. The van der Waals surface area contributed by atoms with Crippen molar-refractivity contribution in [2.45, 2.75) is 18.9 Å². The molecule has 2 aromatic rings. The van der Waals surface area contributed by atoms with Crippen molar-refractivity contribution in [3.63, 3.8) is 0 Å². The first-order chi connectivity index (χ1) is 9.29. The molecule has 0 aromatic heterocycles. The van der Waals surface area contributed by atoms with E-state index < -0.39 is 6.10 Å². The van der Waals surface area contributed by atoms with Gasteiger partial charge in [0.2, 0.25) is 0 Å². The molecular weight excluding hydrogens is 236 g/mol. The number of aliphatic hydroxyl groups is 2. The molecule has 0 saturated carbocycles. The van der Waals surface area contributed by atoms with Crippen LogP contribution in [0.1, 0.15) is 11.1 Å². The minimum atomic E-state index is -0.521. The quantitative estimate of drug-likeness (QED) is 0.833. The Bertz CT molecular complexity index is 467. The van der Waals surface area contributed by atoms with Gasteiger partial charge < -0.3 is 10.2 Å². The van der Waals surface area contributed by atoms with Crippen LogP contribution in [0.15, 0.2) is 60.7 Å². The second-order valence-corrected chi connectivity index (χ2v) is 4.89. The maximum atomic E-state index is 10.3. The van der Waals surface area contributed by atoms with Gasteiger partial charge in [0, 0.05) is 12.5 Å². The van der Waals surface area contributed by atoms with Crippen LogP contribution in [0.25, 0.3) is 0 Å². The molecule has 0 bridgehead atoms. The highest BCUT2D eigenvalue weighted by Crippen LogP contribution is 2.16. The molecule has 2 N–H and O–H groups in total. The summed E-state index contributed by atoms with van der Waals surface area (Å²) < 4.78 is 0. The van der Waals surface area contributed by atoms with Gasteiger partial charge in [-0.05, 0) is 24.0 Å². The lowest BCUT2D eigenvalue weighted by atomic mass is 9.91. The molecule has 0 unspecified atom stereocenters. The fourth-order valence-electron chi connectivity index (χ4n) is 2.26. The Morgan fingerprint density at radius 2 is 1.21 bits per heavy atom. The Balaban J connectivity index is 1.97. The summed E-state index contributed by atoms with van der Waals surface area (Å²) in [6.45, 7) is 0.00287. The Labute approximate surface area is 114 Å². The topological polar surface area (TPSA) is 40.5 Å². The lowest BCUT2D eigenvalue weighted by Crippen LogP contribution is -2.27. The molecule has 0 spiro atoms. The van der Waals surface area contributed by atoms with Crippen molar-refractivity contribution in [3.05, 3.63) is 71.8 Å². The largest absolute Gasteiger partial charge is 0.396 e. The fraction of sp³-hybridized carbons (Fsp3) is 0.294. The van der Waals surface area contributed by atoms with Crippen LogP contribution in [-0.4, -0.2) is 22.9 Å². The van der Waals surface area contributed by atoms with Crippen LogP contribution in [0.2, 0.25) is 0 Å². The van der Waals surface area contributed by atoms with Crippen molar-refractivity contribution in [1.82, 2.24) is 0 Å². The molecule has 0 amide bonds. The second kappa shape index (κ2) is 7.07. The van der Waals surface area contributed by atoms with Crippen molar-refractivity contribution < 1.29 is 10.2 Å². The molecule has 0 radical (unpaired) electrons. The highest BCUT2D eigenvalue weighted by Gasteiger charge is 2.19. The molecule has 100 valence electrons. The summed E-state index contributed by atoms with van der Waals surface area (Å²) in [5, 5.41) is 19.7. The minimum absolute atomic E-state index is 0.00287. The summed E-state index contributed by atoms with van der Waals surface area (Å²) in [4.78, 5) is 0. The van der Waals surface area contributed by atoms with Gasteiger partial charge >= 0.3 is 0 Å². The Morgan fingerprint density at radius 3 is 1.68 bits per heavy atom. The Morgan fingerprint density at radius 1 is 0.737 bits per heavy atom. The van der Waals surface area contributed by atoms with Crippen LogP contribution in [0.5, 0.6) is 0 Å². The molecular formula is C17H20O2. The van der Waals surface area contributed by atoms with E-state index >= 15 is 0 Å². The van der Waals surface area contributed by atoms with Gasteiger partial charge in [-0.15, -0.1) is 0 Å². The summed E-state index contributed by atoms with van der Waals surface area (Å²) in [7, 11) is 0. The monoisotopic (exact) mass is 256 g/mol. The number of aliphatic hydroxyl groups excluding tert-OH is 2. The minimum Gasteiger partial charge on any atom is -0.396 e. The van der Waals surface area contributed by atoms with Crippen molar-refractivity contribution >= 4 is 0 Å². The SMILES string of the molecule is OC[C@H](Cc1ccccc1)[C@@H](O)Cc1ccccc1. The van der Waals surface area contributed by atoms with Gasteiger partial charge in [0.1, 0.15) is 0 Å². The first kappa shape index (κ1) is 13.8. The molecule has 2 atom stereocenters. The summed E-state index contributed by atoms with van der Waals surface area (Å²) in [5.74, 6) is -0.123. The lowest BCUT2D eigenvalue weighted by molar-refractivity contribution is 0.0676. The smallest absolute Gasteiger partial charge is 0.0633 e. The van der Waals surface area contributed by atoms with Gasteiger partial charge in [-0.1, -0.05) is 60.7 Å². The first-order valence-electron chi connectivity index (χ1n) is 6.66. The molecule has 19 heavy (non-hydrogen) atoms. The van der Waals surface area contributed by atoms with E-state index in [0.29, 0.717) is 12.8 Å². The predicted octanol–water partition coefficient (Wildman–Crippen LogP) is 2.44. The van der Waals surface area contributed by atoms with Crippen LogP contribution in [0.3, 0.4) is 0 Å². The van der Waals surface area contributed by atoms with Gasteiger partial charge in [-0.2, -0.15) is 0 Å². The lowest BCUT2D eigenvalue weighted by Gasteiger charge is -2.21. The second-order valence-electron chi connectivity index (χ2n) is 4.89. The molecule has 2 heteroatoms. The molecule has 0 aliphatic heterocycles. The number of hydrogen-bond donors (Lipinski definition) is 2. The third-order valence-corrected chi connectivity index (χ3v) is 3.41. The van der Waals surface area contributed by atoms with Crippen molar-refractivity contribution in [3.8, 4) is 0 Å². The van der Waals surface area contributed by atoms with Crippen LogP contribution < -0.4 is 0 Å². The fourth-order valence-corrected chi connectivity index (χ4v) is 2.26. The van der Waals surface area contributed by atoms with Crippen molar-refractivity contribution in [2.24, 2.45) is 5.92 Å². The van der Waals surface area contributed by atoms with Crippen LogP contribution in [0.4, 0.5) is 0 Å². The van der Waals surface area contributed by atoms with E-state index in [9.17, 15) is 10.2 Å². The van der Waals surface area contributed by atoms with E-state index in [1.54, 1.807) is 0 Å². The summed E-state index contributed by atoms with van der Waals surface area (Å²) in [6.07, 6.45) is 0.761. The molecule has 2 rings (SSSR count). The average Bonchev–Trinajstić information content (AvgIpc) is 2.47. The Kier molecular flexibility index (Phi) is 5.13. The summed E-state index contributed by atoms with van der Waals surface area (Å²) in [5.41, 5.74) is 2.25. The Hall–Kier alpha value is -1.64. The van der Waals surface area contributed by atoms with E-state index in [1.807, 2.05) is 60.7 Å². The standard InChI is InChI=1S/C17H20O2/c18-13-16(11-14-7-3-1-4-8-14)17(19)12-15-9-5-2-6-10-15/h1-10,16-19H,11-13H2/t16-,17-/m0/s1. The van der Waals surface area contributed by atoms with Gasteiger partial charge in [0.05, 0.1) is 6.10 Å². The maximum Gasteiger partial charge on any atom is 0.0633 e. The van der Waals surface area contributed by atoms with Gasteiger partial charge in [0.25, 0.3) is 0 Å². The van der Waals surface area contributed by atoms with E-state index in [-0.39, 0.29) is 12.5 Å². The molecule has 2 nitrogen and oxygen atoms in total. The van der Waals surface area contributed by atoms with Crippen LogP contribution in [-0.2, 0) is 12.8 Å². The van der Waals surface area contributed by atoms with E-state index in [4.69, 9.17) is 0 Å². The average molecular weight is 256 g/mol. The zero-order chi connectivity index (χ0) is 13.5. The molecule has 0 fully saturated rings. The van der Waals surface area contributed by atoms with Gasteiger partial charge in [-0.3, -0.25) is 0 Å². The van der Waals surface area contributed by atoms with E-state index in [2.05, 4.69) is 0 Å². The van der Waals surface area contributed by atoms with Crippen molar-refractivity contribution in [1.29, 1.82) is 0 Å². The van der Waals surface area contributed by atoms with Crippen LogP contribution >= 0.6 is 0 Å². The van der Waals surface area contributed by atoms with Crippen LogP contribution in [0, 0.1) is 5.92 Å². The number of hydrogen-bond acceptors (Lipinski definition) is 2. The molecule has 0 aliphatic rings. The normalized spacial score (nSPS) is 14.0. The molecule has 0 aliphatic carbocycles. The van der Waals surface area contributed by atoms with E-state index in [0.717, 1.165) is 11.1 Å². The maximum absolute atomic E-state index is 10.3. The highest BCUT2D eigenvalue weighted by atomic mass is 16.3. The first-order valence-corrected chi connectivity index (χ1v) is 6.66. The zero-order valence-electron chi connectivity index (χ0n) is 10.9. The summed E-state index contributed by atoms with van der Waals surface area (Å²) in [6, 6.07) is 19.9. The third-order valence-electron chi connectivity index (χ3n) is 3.41. The predicted molar refractivity (Wildman–Crippen MR) is 76.9 cm³/mol. The summed E-state index contributed by atoms with van der Waals surface area (Å²) >= 11 is 0. The van der Waals surface area contributed by atoms with Gasteiger partial charge in [-0.25, -0.2) is 0 Å². The number of rotatable bonds is 6. The van der Waals surface area contributed by atoms with E-state index in [1.165, 1.54) is 0 Å². The molecule has 2 aromatic carbocycles. The molecule has 0 heterocycles. The zero-order valence-corrected chi connectivity index (χ0v) is 10.9. The highest BCUT2D eigenvalue weighted by molar-refractivity contribution is 5.18. The van der Waals surface area contributed by atoms with Crippen molar-refractivity contribution in [2.75, 3.05) is 6.61 Å². The van der Waals surface area contributed by atoms with Gasteiger partial charge in [0.15, 0.2) is 0 Å². The third kappa shape index (κ3) is 4.19.